The zero-order valence-electron chi connectivity index (χ0n) is 11.6. The Morgan fingerprint density at radius 3 is 2.37 bits per heavy atom. The highest BCUT2D eigenvalue weighted by Crippen LogP contribution is 2.26. The van der Waals surface area contributed by atoms with Gasteiger partial charge in [0.15, 0.2) is 0 Å². The van der Waals surface area contributed by atoms with Gasteiger partial charge in [-0.3, -0.25) is 4.79 Å². The molecular formula is C14H27ClN2O2. The van der Waals surface area contributed by atoms with E-state index in [1.807, 2.05) is 0 Å². The van der Waals surface area contributed by atoms with E-state index in [2.05, 4.69) is 5.32 Å². The first-order valence-corrected chi connectivity index (χ1v) is 7.39. The minimum atomic E-state index is 0. The Morgan fingerprint density at radius 1 is 1.16 bits per heavy atom. The summed E-state index contributed by atoms with van der Waals surface area (Å²) < 4.78 is 5.29. The van der Waals surface area contributed by atoms with Crippen molar-refractivity contribution in [1.82, 2.24) is 5.32 Å². The summed E-state index contributed by atoms with van der Waals surface area (Å²) in [6.45, 7) is 2.00. The lowest BCUT2D eigenvalue weighted by atomic mass is 9.83. The maximum Gasteiger partial charge on any atom is 0.223 e. The van der Waals surface area contributed by atoms with E-state index >= 15 is 0 Å². The summed E-state index contributed by atoms with van der Waals surface area (Å²) in [7, 11) is 0. The van der Waals surface area contributed by atoms with Gasteiger partial charge < -0.3 is 15.8 Å². The van der Waals surface area contributed by atoms with E-state index in [0.717, 1.165) is 26.1 Å². The normalized spacial score (nSPS) is 23.4. The van der Waals surface area contributed by atoms with Gasteiger partial charge in [-0.25, -0.2) is 0 Å². The van der Waals surface area contributed by atoms with E-state index in [1.54, 1.807) is 0 Å². The van der Waals surface area contributed by atoms with Crippen molar-refractivity contribution in [3.05, 3.63) is 0 Å². The Balaban J connectivity index is 0.00000180. The molecule has 5 heteroatoms. The van der Waals surface area contributed by atoms with Crippen LogP contribution in [0.5, 0.6) is 0 Å². The molecule has 1 unspecified atom stereocenters. The van der Waals surface area contributed by atoms with Gasteiger partial charge in [0.25, 0.3) is 0 Å². The van der Waals surface area contributed by atoms with Crippen molar-refractivity contribution >= 4 is 18.3 Å². The smallest absolute Gasteiger partial charge is 0.223 e. The van der Waals surface area contributed by atoms with Gasteiger partial charge in [-0.2, -0.15) is 0 Å². The van der Waals surface area contributed by atoms with Crippen LogP contribution in [0.2, 0.25) is 0 Å². The average molecular weight is 291 g/mol. The molecule has 0 aromatic heterocycles. The molecule has 0 radical (unpaired) electrons. The lowest BCUT2D eigenvalue weighted by Crippen LogP contribution is -2.48. The molecule has 1 heterocycles. The van der Waals surface area contributed by atoms with E-state index in [-0.39, 0.29) is 30.3 Å². The zero-order valence-corrected chi connectivity index (χ0v) is 12.4. The highest BCUT2D eigenvalue weighted by Gasteiger charge is 2.27. The molecule has 1 saturated carbocycles. The van der Waals surface area contributed by atoms with Gasteiger partial charge >= 0.3 is 0 Å². The summed E-state index contributed by atoms with van der Waals surface area (Å²) in [6.07, 6.45) is 8.05. The molecular weight excluding hydrogens is 264 g/mol. The van der Waals surface area contributed by atoms with Gasteiger partial charge in [-0.1, -0.05) is 19.3 Å². The molecule has 1 aliphatic heterocycles. The third kappa shape index (κ3) is 4.93. The second-order valence-electron chi connectivity index (χ2n) is 5.64. The Hall–Kier alpha value is -0.320. The van der Waals surface area contributed by atoms with Crippen LogP contribution in [0.4, 0.5) is 0 Å². The maximum absolute atomic E-state index is 12.2. The molecule has 1 atom stereocenters. The second-order valence-corrected chi connectivity index (χ2v) is 5.64. The van der Waals surface area contributed by atoms with Crippen molar-refractivity contribution in [2.75, 3.05) is 19.8 Å². The maximum atomic E-state index is 12.2. The third-order valence-corrected chi connectivity index (χ3v) is 4.39. The number of nitrogens with one attached hydrogen (secondary N) is 1. The van der Waals surface area contributed by atoms with Crippen molar-refractivity contribution in [1.29, 1.82) is 0 Å². The highest BCUT2D eigenvalue weighted by atomic mass is 35.5. The molecule has 0 aromatic rings. The number of carbonyl (C=O) groups is 1. The van der Waals surface area contributed by atoms with Crippen LogP contribution in [0.25, 0.3) is 0 Å². The molecule has 2 fully saturated rings. The number of amides is 1. The van der Waals surface area contributed by atoms with Gasteiger partial charge in [-0.05, 0) is 31.6 Å². The van der Waals surface area contributed by atoms with Gasteiger partial charge in [0.05, 0.1) is 0 Å². The zero-order chi connectivity index (χ0) is 12.8. The van der Waals surface area contributed by atoms with E-state index in [0.29, 0.717) is 12.5 Å². The van der Waals surface area contributed by atoms with Crippen molar-refractivity contribution in [2.45, 2.75) is 51.0 Å². The van der Waals surface area contributed by atoms with Crippen molar-refractivity contribution < 1.29 is 9.53 Å². The summed E-state index contributed by atoms with van der Waals surface area (Å²) in [5, 5.41) is 3.19. The van der Waals surface area contributed by atoms with Crippen molar-refractivity contribution in [3.63, 3.8) is 0 Å². The number of hydrogen-bond donors (Lipinski definition) is 2. The molecule has 1 aliphatic carbocycles. The summed E-state index contributed by atoms with van der Waals surface area (Å²) in [5.74, 6) is 0.920. The summed E-state index contributed by atoms with van der Waals surface area (Å²) in [6, 6.07) is 0.181. The largest absolute Gasteiger partial charge is 0.381 e. The Morgan fingerprint density at radius 2 is 1.79 bits per heavy atom. The van der Waals surface area contributed by atoms with Gasteiger partial charge in [0.1, 0.15) is 0 Å². The predicted octanol–water partition coefficient (Wildman–Crippen LogP) is 1.86. The monoisotopic (exact) mass is 290 g/mol. The first-order valence-electron chi connectivity index (χ1n) is 7.39. The molecule has 112 valence electrons. The van der Waals surface area contributed by atoms with Crippen molar-refractivity contribution in [2.24, 2.45) is 17.6 Å². The molecule has 0 aromatic carbocycles. The number of nitrogens with two attached hydrogens (primary N) is 1. The third-order valence-electron chi connectivity index (χ3n) is 4.39. The highest BCUT2D eigenvalue weighted by molar-refractivity contribution is 5.85. The van der Waals surface area contributed by atoms with Crippen molar-refractivity contribution in [3.8, 4) is 0 Å². The van der Waals surface area contributed by atoms with Crippen LogP contribution in [-0.4, -0.2) is 31.7 Å². The first kappa shape index (κ1) is 16.7. The van der Waals surface area contributed by atoms with E-state index in [4.69, 9.17) is 10.5 Å². The van der Waals surface area contributed by atoms with Crippen LogP contribution >= 0.6 is 12.4 Å². The summed E-state index contributed by atoms with van der Waals surface area (Å²) in [5.41, 5.74) is 5.84. The standard InChI is InChI=1S/C14H26N2O2.ClH/c15-10-13(11-4-2-1-3-5-11)16-14(17)12-6-8-18-9-7-12;/h11-13H,1-10,15H2,(H,16,17);1H. The van der Waals surface area contributed by atoms with Gasteiger partial charge in [0, 0.05) is 31.7 Å². The molecule has 2 aliphatic rings. The van der Waals surface area contributed by atoms with Crippen LogP contribution in [0.1, 0.15) is 44.9 Å². The summed E-state index contributed by atoms with van der Waals surface area (Å²) in [4.78, 5) is 12.2. The molecule has 0 spiro atoms. The lowest BCUT2D eigenvalue weighted by molar-refractivity contribution is -0.129. The first-order chi connectivity index (χ1) is 8.81. The molecule has 4 nitrogen and oxygen atoms in total. The molecule has 19 heavy (non-hydrogen) atoms. The average Bonchev–Trinajstić information content (AvgIpc) is 2.46. The minimum Gasteiger partial charge on any atom is -0.381 e. The van der Waals surface area contributed by atoms with Crippen LogP contribution in [0.15, 0.2) is 0 Å². The van der Waals surface area contributed by atoms with Gasteiger partial charge in [0.2, 0.25) is 5.91 Å². The number of carbonyl (C=O) groups excluding carboxylic acids is 1. The number of rotatable bonds is 4. The van der Waals surface area contributed by atoms with E-state index < -0.39 is 0 Å². The predicted molar refractivity (Wildman–Crippen MR) is 78.4 cm³/mol. The number of hydrogen-bond acceptors (Lipinski definition) is 3. The molecule has 0 bridgehead atoms. The number of ether oxygens (including phenoxy) is 1. The molecule has 3 N–H and O–H groups in total. The fraction of sp³-hybridized carbons (Fsp3) is 0.929. The van der Waals surface area contributed by atoms with E-state index in [9.17, 15) is 4.79 Å². The van der Waals surface area contributed by atoms with Crippen LogP contribution < -0.4 is 11.1 Å². The van der Waals surface area contributed by atoms with Crippen LogP contribution in [0, 0.1) is 11.8 Å². The Kier molecular flexibility index (Phi) is 7.73. The Bertz CT molecular complexity index is 264. The molecule has 1 saturated heterocycles. The lowest BCUT2D eigenvalue weighted by Gasteiger charge is -2.32. The second kappa shape index (κ2) is 8.77. The number of halogens is 1. The topological polar surface area (TPSA) is 64.3 Å². The quantitative estimate of drug-likeness (QED) is 0.831. The van der Waals surface area contributed by atoms with Crippen LogP contribution in [-0.2, 0) is 9.53 Å². The Labute approximate surface area is 122 Å². The van der Waals surface area contributed by atoms with Gasteiger partial charge in [-0.15, -0.1) is 12.4 Å². The summed E-state index contributed by atoms with van der Waals surface area (Å²) >= 11 is 0. The van der Waals surface area contributed by atoms with E-state index in [1.165, 1.54) is 32.1 Å². The minimum absolute atomic E-state index is 0. The molecule has 2 rings (SSSR count). The van der Waals surface area contributed by atoms with Crippen LogP contribution in [0.3, 0.4) is 0 Å². The fourth-order valence-electron chi connectivity index (χ4n) is 3.17. The molecule has 1 amide bonds. The SMILES string of the molecule is Cl.NCC(NC(=O)C1CCOCC1)C1CCCCC1. The fourth-order valence-corrected chi connectivity index (χ4v) is 3.17.